The lowest BCUT2D eigenvalue weighted by Gasteiger charge is -2.15. The minimum atomic E-state index is -0.213. The number of fused-ring (bicyclic) bond motifs is 2. The fourth-order valence-corrected chi connectivity index (χ4v) is 5.03. The molecule has 0 radical (unpaired) electrons. The van der Waals surface area contributed by atoms with Crippen LogP contribution in [0.1, 0.15) is 44.9 Å². The normalized spacial score (nSPS) is 14.4. The molecule has 0 saturated heterocycles. The first-order valence-corrected chi connectivity index (χ1v) is 12.3. The average molecular weight is 480 g/mol. The third-order valence-electron chi connectivity index (χ3n) is 6.74. The molecule has 0 bridgehead atoms. The van der Waals surface area contributed by atoms with Crippen molar-refractivity contribution in [3.63, 3.8) is 0 Å². The predicted molar refractivity (Wildman–Crippen MR) is 142 cm³/mol. The second-order valence-electron chi connectivity index (χ2n) is 10.5. The van der Waals surface area contributed by atoms with E-state index < -0.39 is 0 Å². The maximum atomic E-state index is 13.5. The molecule has 5 aromatic rings. The smallest absolute Gasteiger partial charge is 0.259 e. The molecule has 8 nitrogen and oxygen atoms in total. The summed E-state index contributed by atoms with van der Waals surface area (Å²) in [4.78, 5) is 26.3. The van der Waals surface area contributed by atoms with Gasteiger partial charge in [0.25, 0.3) is 5.56 Å². The minimum Gasteiger partial charge on any atom is -0.360 e. The number of anilines is 1. The SMILES string of the molecule is CC(C)c1c(-c2c[nH]c3ccc(-c4cnn(Cc5ccccn5)c4)cc23)nc2n(c1=O)CC(C)(C)N2. The number of aromatic amines is 1. The van der Waals surface area contributed by atoms with Crippen LogP contribution in [0.25, 0.3) is 33.3 Å². The number of hydrogen-bond acceptors (Lipinski definition) is 5. The van der Waals surface area contributed by atoms with Gasteiger partial charge in [-0.3, -0.25) is 19.0 Å². The number of benzene rings is 1. The predicted octanol–water partition coefficient (Wildman–Crippen LogP) is 5.03. The zero-order valence-corrected chi connectivity index (χ0v) is 20.9. The first kappa shape index (κ1) is 22.3. The highest BCUT2D eigenvalue weighted by Gasteiger charge is 2.32. The molecule has 1 aliphatic rings. The first-order chi connectivity index (χ1) is 17.3. The van der Waals surface area contributed by atoms with Crippen molar-refractivity contribution in [3.05, 3.63) is 82.8 Å². The Morgan fingerprint density at radius 1 is 1.14 bits per heavy atom. The second-order valence-corrected chi connectivity index (χ2v) is 10.5. The molecule has 4 aromatic heterocycles. The van der Waals surface area contributed by atoms with Crippen LogP contribution in [0.5, 0.6) is 0 Å². The molecule has 36 heavy (non-hydrogen) atoms. The van der Waals surface area contributed by atoms with Gasteiger partial charge in [-0.2, -0.15) is 5.10 Å². The zero-order chi connectivity index (χ0) is 25.0. The van der Waals surface area contributed by atoms with E-state index in [2.05, 4.69) is 66.3 Å². The van der Waals surface area contributed by atoms with Gasteiger partial charge in [0, 0.05) is 46.2 Å². The minimum absolute atomic E-state index is 0.0318. The van der Waals surface area contributed by atoms with Gasteiger partial charge in [0.2, 0.25) is 5.95 Å². The number of aromatic nitrogens is 6. The van der Waals surface area contributed by atoms with Crippen molar-refractivity contribution in [2.24, 2.45) is 0 Å². The van der Waals surface area contributed by atoms with E-state index in [1.54, 1.807) is 10.8 Å². The molecule has 0 unspecified atom stereocenters. The van der Waals surface area contributed by atoms with Crippen LogP contribution in [0.15, 0.2) is 66.0 Å². The van der Waals surface area contributed by atoms with E-state index in [4.69, 9.17) is 4.98 Å². The highest BCUT2D eigenvalue weighted by atomic mass is 16.1. The van der Waals surface area contributed by atoms with Gasteiger partial charge in [-0.15, -0.1) is 0 Å². The summed E-state index contributed by atoms with van der Waals surface area (Å²) in [7, 11) is 0. The van der Waals surface area contributed by atoms with Gasteiger partial charge >= 0.3 is 0 Å². The van der Waals surface area contributed by atoms with Crippen LogP contribution in [-0.4, -0.2) is 34.8 Å². The molecule has 1 aliphatic heterocycles. The maximum Gasteiger partial charge on any atom is 0.259 e. The molecule has 0 aliphatic carbocycles. The van der Waals surface area contributed by atoms with Crippen LogP contribution in [0.4, 0.5) is 5.95 Å². The van der Waals surface area contributed by atoms with E-state index in [1.165, 1.54) is 0 Å². The van der Waals surface area contributed by atoms with Crippen molar-refractivity contribution in [1.82, 2.24) is 29.3 Å². The summed E-state index contributed by atoms with van der Waals surface area (Å²) < 4.78 is 3.67. The van der Waals surface area contributed by atoms with Crippen molar-refractivity contribution in [2.75, 3.05) is 5.32 Å². The molecule has 0 atom stereocenters. The summed E-state index contributed by atoms with van der Waals surface area (Å²) in [6.07, 6.45) is 7.67. The van der Waals surface area contributed by atoms with Crippen LogP contribution in [0.3, 0.4) is 0 Å². The standard InChI is InChI=1S/C28H29N7O/c1-17(2)24-25(32-27-33-28(3,4)16-35(27)26(24)36)22-13-30-23-9-8-18(11-21(22)23)19-12-31-34(14-19)15-20-7-5-6-10-29-20/h5-14,17,30H,15-16H2,1-4H3,(H,32,33). The monoisotopic (exact) mass is 479 g/mol. The Kier molecular flexibility index (Phi) is 5.07. The maximum absolute atomic E-state index is 13.5. The number of hydrogen-bond donors (Lipinski definition) is 2. The summed E-state index contributed by atoms with van der Waals surface area (Å²) >= 11 is 0. The highest BCUT2D eigenvalue weighted by Crippen LogP contribution is 2.36. The summed E-state index contributed by atoms with van der Waals surface area (Å²) in [5.74, 6) is 0.671. The van der Waals surface area contributed by atoms with Crippen LogP contribution < -0.4 is 10.9 Å². The number of nitrogens with one attached hydrogen (secondary N) is 2. The highest BCUT2D eigenvalue weighted by molar-refractivity contribution is 5.98. The average Bonchev–Trinajstić information content (AvgIpc) is 3.55. The Morgan fingerprint density at radius 3 is 2.78 bits per heavy atom. The largest absolute Gasteiger partial charge is 0.360 e. The molecule has 0 fully saturated rings. The Balaban J connectivity index is 1.43. The van der Waals surface area contributed by atoms with E-state index in [1.807, 2.05) is 41.5 Å². The second kappa shape index (κ2) is 8.19. The molecule has 5 heterocycles. The van der Waals surface area contributed by atoms with Crippen molar-refractivity contribution in [2.45, 2.75) is 52.2 Å². The van der Waals surface area contributed by atoms with Gasteiger partial charge in [0.05, 0.1) is 36.2 Å². The van der Waals surface area contributed by atoms with Gasteiger partial charge < -0.3 is 10.3 Å². The zero-order valence-electron chi connectivity index (χ0n) is 20.9. The van der Waals surface area contributed by atoms with Crippen LogP contribution in [0.2, 0.25) is 0 Å². The van der Waals surface area contributed by atoms with Crippen LogP contribution in [-0.2, 0) is 13.1 Å². The fourth-order valence-electron chi connectivity index (χ4n) is 5.03. The van der Waals surface area contributed by atoms with E-state index in [0.717, 1.165) is 44.5 Å². The van der Waals surface area contributed by atoms with Crippen molar-refractivity contribution >= 4 is 16.9 Å². The van der Waals surface area contributed by atoms with Gasteiger partial charge in [-0.05, 0) is 49.6 Å². The quantitative estimate of drug-likeness (QED) is 0.369. The molecule has 2 N–H and O–H groups in total. The molecule has 0 amide bonds. The van der Waals surface area contributed by atoms with E-state index in [9.17, 15) is 4.79 Å². The molecule has 1 aromatic carbocycles. The Labute approximate surface area is 209 Å². The van der Waals surface area contributed by atoms with Crippen LogP contribution >= 0.6 is 0 Å². The Hall–Kier alpha value is -4.20. The summed E-state index contributed by atoms with van der Waals surface area (Å²) in [5, 5.41) is 8.99. The van der Waals surface area contributed by atoms with Gasteiger partial charge in [-0.1, -0.05) is 26.0 Å². The van der Waals surface area contributed by atoms with Gasteiger partial charge in [0.15, 0.2) is 0 Å². The third-order valence-corrected chi connectivity index (χ3v) is 6.74. The topological polar surface area (TPSA) is 93.4 Å². The summed E-state index contributed by atoms with van der Waals surface area (Å²) in [6, 6.07) is 12.2. The van der Waals surface area contributed by atoms with E-state index >= 15 is 0 Å². The van der Waals surface area contributed by atoms with Gasteiger partial charge in [-0.25, -0.2) is 4.98 Å². The van der Waals surface area contributed by atoms with E-state index in [-0.39, 0.29) is 17.0 Å². The van der Waals surface area contributed by atoms with Crippen molar-refractivity contribution in [1.29, 1.82) is 0 Å². The van der Waals surface area contributed by atoms with Crippen LogP contribution in [0, 0.1) is 0 Å². The Bertz CT molecular complexity index is 1640. The lowest BCUT2D eigenvalue weighted by molar-refractivity contribution is 0.515. The lowest BCUT2D eigenvalue weighted by atomic mass is 9.97. The number of rotatable bonds is 5. The molecular weight excluding hydrogens is 450 g/mol. The summed E-state index contributed by atoms with van der Waals surface area (Å²) in [6.45, 7) is 9.50. The lowest BCUT2D eigenvalue weighted by Crippen LogP contribution is -2.30. The molecule has 8 heteroatoms. The van der Waals surface area contributed by atoms with Crippen molar-refractivity contribution < 1.29 is 0 Å². The number of nitrogens with zero attached hydrogens (tertiary/aromatic N) is 5. The Morgan fingerprint density at radius 2 is 2.00 bits per heavy atom. The molecule has 0 spiro atoms. The molecule has 0 saturated carbocycles. The number of H-pyrrole nitrogens is 1. The van der Waals surface area contributed by atoms with Crippen molar-refractivity contribution in [3.8, 4) is 22.4 Å². The summed E-state index contributed by atoms with van der Waals surface area (Å²) in [5.41, 5.74) is 6.27. The molecular formula is C28H29N7O. The van der Waals surface area contributed by atoms with Gasteiger partial charge in [0.1, 0.15) is 0 Å². The third kappa shape index (κ3) is 3.79. The fraction of sp³-hybridized carbons (Fsp3) is 0.286. The molecule has 6 rings (SSSR count). The molecule has 182 valence electrons. The number of pyridine rings is 1. The first-order valence-electron chi connectivity index (χ1n) is 12.3. The van der Waals surface area contributed by atoms with E-state index in [0.29, 0.717) is 19.0 Å².